The van der Waals surface area contributed by atoms with Gasteiger partial charge in [0.1, 0.15) is 22.8 Å². The van der Waals surface area contributed by atoms with Crippen molar-refractivity contribution in [3.05, 3.63) is 129 Å². The summed E-state index contributed by atoms with van der Waals surface area (Å²) in [5.41, 5.74) is 6.41. The number of hydrogen-bond donors (Lipinski definition) is 2. The summed E-state index contributed by atoms with van der Waals surface area (Å²) >= 11 is 14.5. The molecule has 58 heavy (non-hydrogen) atoms. The molecule has 1 aliphatic carbocycles. The number of halogens is 2. The van der Waals surface area contributed by atoms with Crippen LogP contribution in [-0.4, -0.2) is 51.2 Å². The van der Waals surface area contributed by atoms with Crippen molar-refractivity contribution in [2.45, 2.75) is 74.0 Å². The number of piperidine rings is 1. The smallest absolute Gasteiger partial charge is 0.171 e. The van der Waals surface area contributed by atoms with Gasteiger partial charge in [0.15, 0.2) is 11.0 Å². The number of fused-ring (bicyclic) bond motifs is 2. The first-order valence-electron chi connectivity index (χ1n) is 19.5. The summed E-state index contributed by atoms with van der Waals surface area (Å²) in [6.45, 7) is 8.85. The molecular formula is C45H48Cl2N6O3S2. The van der Waals surface area contributed by atoms with Crippen LogP contribution in [0.2, 0.25) is 10.0 Å². The number of pyridine rings is 1. The van der Waals surface area contributed by atoms with Gasteiger partial charge in [-0.2, -0.15) is 0 Å². The summed E-state index contributed by atoms with van der Waals surface area (Å²) in [5, 5.41) is 1.67. The second-order valence-electron chi connectivity index (χ2n) is 16.1. The van der Waals surface area contributed by atoms with Gasteiger partial charge < -0.3 is 24.3 Å². The number of hydrogen-bond acceptors (Lipinski definition) is 8. The van der Waals surface area contributed by atoms with Crippen molar-refractivity contribution in [2.24, 2.45) is 5.41 Å². The maximum absolute atomic E-state index is 13.6. The van der Waals surface area contributed by atoms with E-state index in [2.05, 4.69) is 74.1 Å². The largest absolute Gasteiger partial charge is 0.497 e. The van der Waals surface area contributed by atoms with Crippen LogP contribution < -0.4 is 24.0 Å². The average Bonchev–Trinajstić information content (AvgIpc) is 3.77. The van der Waals surface area contributed by atoms with Crippen LogP contribution in [0.4, 0.5) is 11.6 Å². The second kappa shape index (κ2) is 16.8. The van der Waals surface area contributed by atoms with E-state index in [1.54, 1.807) is 20.3 Å². The number of rotatable bonds is 12. The van der Waals surface area contributed by atoms with Crippen LogP contribution in [-0.2, 0) is 30.5 Å². The predicted octanol–water partition coefficient (Wildman–Crippen LogP) is 10.6. The first-order chi connectivity index (χ1) is 27.9. The number of anilines is 2. The van der Waals surface area contributed by atoms with E-state index < -0.39 is 11.0 Å². The monoisotopic (exact) mass is 854 g/mol. The number of imidazole rings is 1. The molecule has 8 rings (SSSR count). The summed E-state index contributed by atoms with van der Waals surface area (Å²) in [5.74, 6) is 3.26. The Morgan fingerprint density at radius 1 is 0.897 bits per heavy atom. The predicted molar refractivity (Wildman–Crippen MR) is 238 cm³/mol. The van der Waals surface area contributed by atoms with Gasteiger partial charge >= 0.3 is 0 Å². The molecule has 9 nitrogen and oxygen atoms in total. The molecule has 2 aromatic heterocycles. The lowest BCUT2D eigenvalue weighted by molar-refractivity contribution is 0.177. The number of aromatic nitrogens is 3. The maximum Gasteiger partial charge on any atom is 0.171 e. The molecule has 1 saturated heterocycles. The Bertz CT molecular complexity index is 2380. The molecule has 13 heteroatoms. The van der Waals surface area contributed by atoms with Gasteiger partial charge in [0, 0.05) is 37.1 Å². The molecule has 2 N–H and O–H groups in total. The molecule has 302 valence electrons. The number of aromatic amines is 1. The van der Waals surface area contributed by atoms with Crippen LogP contribution in [0.5, 0.6) is 11.5 Å². The van der Waals surface area contributed by atoms with Gasteiger partial charge in [0.05, 0.1) is 51.6 Å². The molecule has 0 amide bonds. The zero-order valence-corrected chi connectivity index (χ0v) is 36.5. The number of benzene rings is 4. The first kappa shape index (κ1) is 40.5. The first-order valence-corrected chi connectivity index (χ1v) is 22.2. The normalized spacial score (nSPS) is 16.7. The zero-order valence-electron chi connectivity index (χ0n) is 33.4. The third-order valence-corrected chi connectivity index (χ3v) is 14.7. The lowest BCUT2D eigenvalue weighted by Crippen LogP contribution is -2.48. The summed E-state index contributed by atoms with van der Waals surface area (Å²) in [7, 11) is 2.15. The third-order valence-electron chi connectivity index (χ3n) is 11.3. The molecule has 1 unspecified atom stereocenters. The molecular weight excluding hydrogens is 808 g/mol. The minimum absolute atomic E-state index is 0.00639. The Labute approximate surface area is 357 Å². The Hall–Kier alpha value is -4.26. The molecule has 0 radical (unpaired) electrons. The quantitative estimate of drug-likeness (QED) is 0.126. The van der Waals surface area contributed by atoms with Crippen LogP contribution in [0.3, 0.4) is 0 Å². The lowest BCUT2D eigenvalue weighted by atomic mass is 9.73. The van der Waals surface area contributed by atoms with E-state index in [9.17, 15) is 4.21 Å². The van der Waals surface area contributed by atoms with Gasteiger partial charge in [0.2, 0.25) is 0 Å². The molecule has 2 aliphatic rings. The fraction of sp³-hybridized carbons (Fsp3) is 0.333. The molecule has 2 atom stereocenters. The SMILES string of the molecule is COc1ccc(CN(Cc2ccc(OC)cc2)c2nc(N3CCC4(CC3)Cc3ccccc3[C@H]4NS(=O)C(C)(C)C)cc3[nH]c(Sc4cccc(Cl)c4Cl)nc23)cc1. The third kappa shape index (κ3) is 8.43. The molecule has 1 fully saturated rings. The van der Waals surface area contributed by atoms with E-state index in [-0.39, 0.29) is 16.2 Å². The van der Waals surface area contributed by atoms with Crippen molar-refractivity contribution in [3.8, 4) is 11.5 Å². The van der Waals surface area contributed by atoms with Crippen LogP contribution in [0.1, 0.15) is 61.9 Å². The Kier molecular flexibility index (Phi) is 11.7. The number of methoxy groups -OCH3 is 2. The van der Waals surface area contributed by atoms with Gasteiger partial charge in [-0.05, 0) is 104 Å². The van der Waals surface area contributed by atoms with Crippen molar-refractivity contribution in [2.75, 3.05) is 37.1 Å². The summed E-state index contributed by atoms with van der Waals surface area (Å²) in [6.07, 6.45) is 2.81. The van der Waals surface area contributed by atoms with Crippen molar-refractivity contribution >= 4 is 68.6 Å². The van der Waals surface area contributed by atoms with Crippen molar-refractivity contribution in [3.63, 3.8) is 0 Å². The topological polar surface area (TPSA) is 95.6 Å². The molecule has 6 aromatic rings. The minimum Gasteiger partial charge on any atom is -0.497 e. The molecule has 4 aromatic carbocycles. The summed E-state index contributed by atoms with van der Waals surface area (Å²) < 4.78 is 27.8. The van der Waals surface area contributed by atoms with Gasteiger partial charge in [0.25, 0.3) is 0 Å². The standard InChI is InChI=1S/C45H48Cl2N6O3S2/c1-44(2,3)58(54)51-41-34-10-7-6-9-31(34)26-45(41)21-23-52(24-22-45)38-25-36-40(50-43(48-36)57-37-12-8-11-35(46)39(37)47)42(49-38)53(27-29-13-17-32(55-4)18-14-29)28-30-15-19-33(56-5)20-16-30/h6-20,25,41,51H,21-24,26-28H2,1-5H3,(H,48,50)/t41-,58?/m1/s1. The average molecular weight is 856 g/mol. The van der Waals surface area contributed by atoms with E-state index in [1.165, 1.54) is 22.9 Å². The fourth-order valence-electron chi connectivity index (χ4n) is 8.07. The molecule has 3 heterocycles. The Morgan fingerprint density at radius 3 is 2.16 bits per heavy atom. The van der Waals surface area contributed by atoms with Gasteiger partial charge in [-0.15, -0.1) is 0 Å². The van der Waals surface area contributed by atoms with Crippen LogP contribution in [0, 0.1) is 5.41 Å². The molecule has 0 bridgehead atoms. The zero-order chi connectivity index (χ0) is 40.6. The highest BCUT2D eigenvalue weighted by Crippen LogP contribution is 2.53. The number of nitrogens with zero attached hydrogens (tertiary/aromatic N) is 4. The van der Waals surface area contributed by atoms with Gasteiger partial charge in [-0.1, -0.05) is 89.6 Å². The summed E-state index contributed by atoms with van der Waals surface area (Å²) in [4.78, 5) is 19.8. The van der Waals surface area contributed by atoms with Crippen LogP contribution in [0.25, 0.3) is 11.0 Å². The molecule has 0 saturated carbocycles. The number of nitrogens with one attached hydrogen (secondary N) is 2. The molecule has 1 aliphatic heterocycles. The highest BCUT2D eigenvalue weighted by molar-refractivity contribution is 7.99. The van der Waals surface area contributed by atoms with E-state index in [4.69, 9.17) is 42.6 Å². The van der Waals surface area contributed by atoms with Crippen LogP contribution in [0.15, 0.2) is 107 Å². The van der Waals surface area contributed by atoms with E-state index in [0.29, 0.717) is 28.3 Å². The van der Waals surface area contributed by atoms with Gasteiger partial charge in [-0.3, -0.25) is 0 Å². The van der Waals surface area contributed by atoms with Crippen molar-refractivity contribution in [1.82, 2.24) is 19.7 Å². The highest BCUT2D eigenvalue weighted by atomic mass is 35.5. The summed E-state index contributed by atoms with van der Waals surface area (Å²) in [6, 6.07) is 32.7. The highest BCUT2D eigenvalue weighted by Gasteiger charge is 2.49. The second-order valence-corrected chi connectivity index (χ2v) is 19.9. The van der Waals surface area contributed by atoms with Crippen molar-refractivity contribution in [1.29, 1.82) is 0 Å². The van der Waals surface area contributed by atoms with E-state index in [1.807, 2.05) is 57.2 Å². The Morgan fingerprint density at radius 2 is 1.53 bits per heavy atom. The number of ether oxygens (including phenoxy) is 2. The maximum atomic E-state index is 13.6. The van der Waals surface area contributed by atoms with E-state index >= 15 is 0 Å². The fourth-order valence-corrected chi connectivity index (χ4v) is 10.3. The molecule has 1 spiro atoms. The minimum atomic E-state index is -1.21. The number of H-pyrrole nitrogens is 1. The van der Waals surface area contributed by atoms with Crippen molar-refractivity contribution < 1.29 is 13.7 Å². The lowest BCUT2D eigenvalue weighted by Gasteiger charge is -2.44. The Balaban J connectivity index is 1.17. The van der Waals surface area contributed by atoms with E-state index in [0.717, 1.165) is 82.5 Å². The van der Waals surface area contributed by atoms with Crippen LogP contribution >= 0.6 is 35.0 Å². The van der Waals surface area contributed by atoms with Gasteiger partial charge in [-0.25, -0.2) is 18.9 Å².